The fraction of sp³-hybridized carbons (Fsp3) is 0.158. The van der Waals surface area contributed by atoms with Crippen LogP contribution in [0.5, 0.6) is 5.75 Å². The molecule has 0 spiro atoms. The molecule has 0 aliphatic heterocycles. The van der Waals surface area contributed by atoms with Crippen molar-refractivity contribution in [3.63, 3.8) is 0 Å². The van der Waals surface area contributed by atoms with Crippen LogP contribution in [0.25, 0.3) is 0 Å². The molecule has 140 valence electrons. The Morgan fingerprint density at radius 3 is 2.26 bits per heavy atom. The third kappa shape index (κ3) is 5.96. The Labute approximate surface area is 156 Å². The number of hydrogen-bond donors (Lipinski definition) is 2. The fourth-order valence-electron chi connectivity index (χ4n) is 2.20. The number of benzene rings is 2. The summed E-state index contributed by atoms with van der Waals surface area (Å²) in [5, 5.41) is 10.6. The van der Waals surface area contributed by atoms with Gasteiger partial charge < -0.3 is 10.2 Å². The average Bonchev–Trinajstić information content (AvgIpc) is 2.67. The number of nitro groups is 1. The molecule has 27 heavy (non-hydrogen) atoms. The van der Waals surface area contributed by atoms with Gasteiger partial charge in [-0.1, -0.05) is 12.1 Å². The minimum Gasteiger partial charge on any atom is -0.497 e. The lowest BCUT2D eigenvalue weighted by Gasteiger charge is -2.09. The average molecular weight is 369 g/mol. The van der Waals surface area contributed by atoms with Gasteiger partial charge >= 0.3 is 0 Å². The van der Waals surface area contributed by atoms with E-state index in [-0.39, 0.29) is 23.8 Å². The van der Waals surface area contributed by atoms with Crippen LogP contribution in [-0.4, -0.2) is 23.7 Å². The third-order valence-electron chi connectivity index (χ3n) is 3.63. The number of nitrogens with zero attached hydrogens (tertiary/aromatic N) is 1. The lowest BCUT2D eigenvalue weighted by molar-refractivity contribution is -0.384. The largest absolute Gasteiger partial charge is 0.497 e. The van der Waals surface area contributed by atoms with Crippen LogP contribution in [0.4, 0.5) is 5.69 Å². The number of methoxy groups -OCH3 is 1. The Hall–Kier alpha value is -3.68. The van der Waals surface area contributed by atoms with Gasteiger partial charge in [0.1, 0.15) is 5.75 Å². The highest BCUT2D eigenvalue weighted by atomic mass is 16.6. The van der Waals surface area contributed by atoms with Crippen LogP contribution in [0.1, 0.15) is 22.8 Å². The van der Waals surface area contributed by atoms with E-state index < -0.39 is 4.92 Å². The minimum absolute atomic E-state index is 0.0342. The quantitative estimate of drug-likeness (QED) is 0.320. The van der Waals surface area contributed by atoms with Crippen molar-refractivity contribution in [3.05, 3.63) is 81.5 Å². The highest BCUT2D eigenvalue weighted by molar-refractivity contribution is 6.04. The fourth-order valence-corrected chi connectivity index (χ4v) is 2.20. The van der Waals surface area contributed by atoms with Crippen LogP contribution in [0, 0.1) is 10.1 Å². The van der Waals surface area contributed by atoms with Gasteiger partial charge in [-0.2, -0.15) is 0 Å². The molecule has 0 unspecified atom stereocenters. The second kappa shape index (κ2) is 9.14. The van der Waals surface area contributed by atoms with Crippen molar-refractivity contribution in [2.45, 2.75) is 13.3 Å². The van der Waals surface area contributed by atoms with Gasteiger partial charge in [-0.05, 0) is 36.8 Å². The molecule has 2 aromatic carbocycles. The van der Waals surface area contributed by atoms with Gasteiger partial charge in [0.25, 0.3) is 5.69 Å². The van der Waals surface area contributed by atoms with E-state index in [1.165, 1.54) is 30.3 Å². The summed E-state index contributed by atoms with van der Waals surface area (Å²) in [6, 6.07) is 12.4. The molecule has 8 nitrogen and oxygen atoms in total. The van der Waals surface area contributed by atoms with Gasteiger partial charge in [0, 0.05) is 29.5 Å². The summed E-state index contributed by atoms with van der Waals surface area (Å²) >= 11 is 0. The van der Waals surface area contributed by atoms with E-state index in [2.05, 4.69) is 10.9 Å². The Morgan fingerprint density at radius 2 is 1.70 bits per heavy atom. The molecule has 0 aromatic heterocycles. The molecule has 0 saturated carbocycles. The molecule has 0 radical (unpaired) electrons. The number of rotatable bonds is 8. The molecule has 0 saturated heterocycles. The van der Waals surface area contributed by atoms with Crippen molar-refractivity contribution < 1.29 is 19.2 Å². The van der Waals surface area contributed by atoms with Crippen molar-refractivity contribution in [1.29, 1.82) is 0 Å². The summed E-state index contributed by atoms with van der Waals surface area (Å²) < 4.78 is 5.04. The van der Waals surface area contributed by atoms with E-state index in [0.29, 0.717) is 22.6 Å². The zero-order chi connectivity index (χ0) is 19.8. The first-order valence-electron chi connectivity index (χ1n) is 8.04. The normalized spacial score (nSPS) is 10.8. The van der Waals surface area contributed by atoms with Crippen LogP contribution >= 0.6 is 0 Å². The number of nitrogens with one attached hydrogen (secondary N) is 2. The Balaban J connectivity index is 1.86. The van der Waals surface area contributed by atoms with Crippen LogP contribution < -0.4 is 15.6 Å². The zero-order valence-corrected chi connectivity index (χ0v) is 14.9. The molecule has 0 fully saturated rings. The number of allylic oxidation sites excluding steroid dienone is 2. The van der Waals surface area contributed by atoms with Crippen molar-refractivity contribution in [1.82, 2.24) is 10.9 Å². The van der Waals surface area contributed by atoms with Crippen molar-refractivity contribution >= 4 is 17.4 Å². The summed E-state index contributed by atoms with van der Waals surface area (Å²) in [7, 11) is 1.55. The van der Waals surface area contributed by atoms with Gasteiger partial charge in [0.15, 0.2) is 5.78 Å². The molecule has 2 N–H and O–H groups in total. The van der Waals surface area contributed by atoms with E-state index in [9.17, 15) is 19.7 Å². The van der Waals surface area contributed by atoms with Crippen LogP contribution in [0.15, 0.2) is 60.3 Å². The first-order valence-corrected chi connectivity index (χ1v) is 8.04. The highest BCUT2D eigenvalue weighted by Gasteiger charge is 2.08. The summed E-state index contributed by atoms with van der Waals surface area (Å²) in [5.41, 5.74) is 6.70. The number of ether oxygens (including phenoxy) is 1. The topological polar surface area (TPSA) is 111 Å². The molecule has 1 amide bonds. The molecule has 0 bridgehead atoms. The minimum atomic E-state index is -0.501. The second-order valence-corrected chi connectivity index (χ2v) is 5.69. The van der Waals surface area contributed by atoms with E-state index in [1.807, 2.05) is 0 Å². The lowest BCUT2D eigenvalue weighted by atomic mass is 10.1. The maximum atomic E-state index is 12.2. The zero-order valence-electron chi connectivity index (χ0n) is 14.9. The summed E-state index contributed by atoms with van der Waals surface area (Å²) in [6.45, 7) is 1.65. The van der Waals surface area contributed by atoms with Gasteiger partial charge in [0.2, 0.25) is 5.91 Å². The van der Waals surface area contributed by atoms with E-state index in [4.69, 9.17) is 4.74 Å². The number of hydrazine groups is 1. The van der Waals surface area contributed by atoms with Crippen molar-refractivity contribution in [2.24, 2.45) is 0 Å². The monoisotopic (exact) mass is 369 g/mol. The van der Waals surface area contributed by atoms with E-state index >= 15 is 0 Å². The SMILES string of the molecule is COc1ccc(C(=O)C=C(C)NNC(=O)Cc2ccc([N+](=O)[O-])cc2)cc1. The maximum Gasteiger partial charge on any atom is 0.269 e. The molecule has 2 rings (SSSR count). The molecule has 8 heteroatoms. The van der Waals surface area contributed by atoms with Crippen LogP contribution in [-0.2, 0) is 11.2 Å². The number of non-ortho nitro benzene ring substituents is 1. The molecule has 0 atom stereocenters. The van der Waals surface area contributed by atoms with Crippen LogP contribution in [0.3, 0.4) is 0 Å². The third-order valence-corrected chi connectivity index (χ3v) is 3.63. The molecular formula is C19H19N3O5. The van der Waals surface area contributed by atoms with Gasteiger partial charge in [-0.3, -0.25) is 25.1 Å². The highest BCUT2D eigenvalue weighted by Crippen LogP contribution is 2.13. The summed E-state index contributed by atoms with van der Waals surface area (Å²) in [6.07, 6.45) is 1.42. The Kier molecular flexibility index (Phi) is 6.65. The van der Waals surface area contributed by atoms with Crippen molar-refractivity contribution in [3.8, 4) is 5.75 Å². The number of carbonyl (C=O) groups excluding carboxylic acids is 2. The van der Waals surface area contributed by atoms with E-state index in [0.717, 1.165) is 0 Å². The lowest BCUT2D eigenvalue weighted by Crippen LogP contribution is -2.37. The van der Waals surface area contributed by atoms with Gasteiger partial charge in [0.05, 0.1) is 18.5 Å². The smallest absolute Gasteiger partial charge is 0.269 e. The Morgan fingerprint density at radius 1 is 1.07 bits per heavy atom. The molecule has 0 aliphatic carbocycles. The number of carbonyl (C=O) groups is 2. The second-order valence-electron chi connectivity index (χ2n) is 5.69. The first kappa shape index (κ1) is 19.6. The summed E-state index contributed by atoms with van der Waals surface area (Å²) in [5.74, 6) is 0.102. The molecule has 0 heterocycles. The number of hydrogen-bond acceptors (Lipinski definition) is 6. The number of amides is 1. The predicted octanol–water partition coefficient (Wildman–Crippen LogP) is 2.55. The maximum absolute atomic E-state index is 12.2. The Bertz CT molecular complexity index is 858. The number of nitro benzene ring substituents is 1. The van der Waals surface area contributed by atoms with E-state index in [1.54, 1.807) is 38.3 Å². The van der Waals surface area contributed by atoms with Crippen LogP contribution in [0.2, 0.25) is 0 Å². The summed E-state index contributed by atoms with van der Waals surface area (Å²) in [4.78, 5) is 34.2. The standard InChI is InChI=1S/C19H19N3O5/c1-13(11-18(23)15-5-9-17(27-2)10-6-15)20-21-19(24)12-14-3-7-16(8-4-14)22(25)26/h3-11,20H,12H2,1-2H3,(H,21,24). The first-order chi connectivity index (χ1) is 12.9. The molecular weight excluding hydrogens is 350 g/mol. The number of ketones is 1. The predicted molar refractivity (Wildman–Crippen MR) is 99.2 cm³/mol. The van der Waals surface area contributed by atoms with Gasteiger partial charge in [-0.25, -0.2) is 0 Å². The van der Waals surface area contributed by atoms with Crippen molar-refractivity contribution in [2.75, 3.05) is 7.11 Å². The molecule has 0 aliphatic rings. The van der Waals surface area contributed by atoms with Gasteiger partial charge in [-0.15, -0.1) is 0 Å². The molecule has 2 aromatic rings.